The smallest absolute Gasteiger partial charge is 0.236 e. The lowest BCUT2D eigenvalue weighted by molar-refractivity contribution is -0.122. The quantitative estimate of drug-likeness (QED) is 0.750. The minimum absolute atomic E-state index is 0.00548. The summed E-state index contributed by atoms with van der Waals surface area (Å²) in [4.78, 5) is 11.8. The van der Waals surface area contributed by atoms with Crippen LogP contribution in [0.2, 0.25) is 0 Å². The Hall–Kier alpha value is -1.75. The maximum absolute atomic E-state index is 11.8. The van der Waals surface area contributed by atoms with Gasteiger partial charge < -0.3 is 15.2 Å². The molecule has 2 unspecified atom stereocenters. The number of fused-ring (bicyclic) bond motifs is 1. The van der Waals surface area contributed by atoms with E-state index in [4.69, 9.17) is 4.74 Å². The Morgan fingerprint density at radius 1 is 1.58 bits per heavy atom. The van der Waals surface area contributed by atoms with Gasteiger partial charge in [0, 0.05) is 18.2 Å². The number of carbonyl (C=O) groups is 1. The molecular formula is C14H20N2O3. The zero-order valence-electron chi connectivity index (χ0n) is 11.3. The monoisotopic (exact) mass is 264 g/mol. The van der Waals surface area contributed by atoms with Crippen LogP contribution in [-0.2, 0) is 4.79 Å². The molecule has 0 bridgehead atoms. The summed E-state index contributed by atoms with van der Waals surface area (Å²) in [6.45, 7) is 5.02. The van der Waals surface area contributed by atoms with Crippen LogP contribution >= 0.6 is 0 Å². The van der Waals surface area contributed by atoms with E-state index in [1.807, 2.05) is 19.9 Å². The lowest BCUT2D eigenvalue weighted by Gasteiger charge is -2.18. The maximum atomic E-state index is 11.8. The molecule has 0 aliphatic carbocycles. The average molecular weight is 264 g/mol. The van der Waals surface area contributed by atoms with Gasteiger partial charge in [-0.3, -0.25) is 10.1 Å². The first kappa shape index (κ1) is 13.7. The van der Waals surface area contributed by atoms with Gasteiger partial charge in [-0.05, 0) is 25.5 Å². The molecule has 1 heterocycles. The van der Waals surface area contributed by atoms with Crippen LogP contribution in [0.15, 0.2) is 18.2 Å². The van der Waals surface area contributed by atoms with Crippen LogP contribution in [0.1, 0.15) is 31.9 Å². The minimum atomic E-state index is -0.278. The number of rotatable bonds is 5. The Balaban J connectivity index is 1.97. The normalized spacial score (nSPS) is 18.5. The van der Waals surface area contributed by atoms with Crippen LogP contribution in [0.4, 0.5) is 0 Å². The van der Waals surface area contributed by atoms with Crippen LogP contribution in [0.5, 0.6) is 11.5 Å². The molecular weight excluding hydrogens is 244 g/mol. The van der Waals surface area contributed by atoms with Crippen LogP contribution < -0.4 is 15.4 Å². The first-order valence-electron chi connectivity index (χ1n) is 6.61. The van der Waals surface area contributed by atoms with E-state index >= 15 is 0 Å². The third-order valence-corrected chi connectivity index (χ3v) is 3.17. The van der Waals surface area contributed by atoms with Gasteiger partial charge >= 0.3 is 0 Å². The molecule has 0 saturated heterocycles. The first-order valence-corrected chi connectivity index (χ1v) is 6.61. The van der Waals surface area contributed by atoms with Gasteiger partial charge in [-0.1, -0.05) is 6.92 Å². The van der Waals surface area contributed by atoms with Gasteiger partial charge in [0.2, 0.25) is 5.91 Å². The Bertz CT molecular complexity index is 462. The van der Waals surface area contributed by atoms with Crippen molar-refractivity contribution in [2.45, 2.75) is 32.4 Å². The van der Waals surface area contributed by atoms with E-state index in [0.717, 1.165) is 12.0 Å². The number of carbonyl (C=O) groups excluding carboxylic acids is 1. The van der Waals surface area contributed by atoms with E-state index in [0.29, 0.717) is 18.9 Å². The standard InChI is InChI=1S/C14H20N2O3/c1-3-6-15-14(18)9(2)16-12-8-19-13-7-10(17)4-5-11(12)13/h4-5,7,9,12,16-17H,3,6,8H2,1-2H3,(H,15,18). The molecule has 5 nitrogen and oxygen atoms in total. The van der Waals surface area contributed by atoms with Gasteiger partial charge in [-0.15, -0.1) is 0 Å². The number of nitrogens with one attached hydrogen (secondary N) is 2. The van der Waals surface area contributed by atoms with Crippen LogP contribution in [0, 0.1) is 0 Å². The van der Waals surface area contributed by atoms with Crippen molar-refractivity contribution in [1.82, 2.24) is 10.6 Å². The average Bonchev–Trinajstić information content (AvgIpc) is 2.78. The van der Waals surface area contributed by atoms with Gasteiger partial charge in [0.25, 0.3) is 0 Å². The molecule has 1 aliphatic heterocycles. The van der Waals surface area contributed by atoms with E-state index in [1.165, 1.54) is 0 Å². The molecule has 104 valence electrons. The van der Waals surface area contributed by atoms with Gasteiger partial charge in [0.15, 0.2) is 0 Å². The third-order valence-electron chi connectivity index (χ3n) is 3.17. The molecule has 3 N–H and O–H groups in total. The fraction of sp³-hybridized carbons (Fsp3) is 0.500. The molecule has 1 aromatic rings. The van der Waals surface area contributed by atoms with Gasteiger partial charge in [-0.25, -0.2) is 0 Å². The molecule has 0 fully saturated rings. The summed E-state index contributed by atoms with van der Waals surface area (Å²) in [5.41, 5.74) is 0.980. The summed E-state index contributed by atoms with van der Waals surface area (Å²) in [6, 6.07) is 4.76. The number of hydrogen-bond acceptors (Lipinski definition) is 4. The van der Waals surface area contributed by atoms with Crippen LogP contribution in [0.3, 0.4) is 0 Å². The molecule has 19 heavy (non-hydrogen) atoms. The molecule has 0 aromatic heterocycles. The highest BCUT2D eigenvalue weighted by molar-refractivity contribution is 5.81. The van der Waals surface area contributed by atoms with E-state index in [-0.39, 0.29) is 23.7 Å². The second-order valence-electron chi connectivity index (χ2n) is 4.77. The Kier molecular flexibility index (Phi) is 4.27. The lowest BCUT2D eigenvalue weighted by atomic mass is 10.1. The minimum Gasteiger partial charge on any atom is -0.508 e. The number of ether oxygens (including phenoxy) is 1. The largest absolute Gasteiger partial charge is 0.508 e. The van der Waals surface area contributed by atoms with Crippen LogP contribution in [-0.4, -0.2) is 30.2 Å². The number of phenolic OH excluding ortho intramolecular Hbond substituents is 1. The molecule has 5 heteroatoms. The van der Waals surface area contributed by atoms with E-state index < -0.39 is 0 Å². The fourth-order valence-electron chi connectivity index (χ4n) is 2.12. The second kappa shape index (κ2) is 5.93. The predicted molar refractivity (Wildman–Crippen MR) is 72.2 cm³/mol. The zero-order chi connectivity index (χ0) is 13.8. The number of amides is 1. The molecule has 0 spiro atoms. The van der Waals surface area contributed by atoms with Crippen molar-refractivity contribution in [1.29, 1.82) is 0 Å². The van der Waals surface area contributed by atoms with Gasteiger partial charge in [-0.2, -0.15) is 0 Å². The molecule has 1 amide bonds. The Labute approximate surface area is 113 Å². The molecule has 2 atom stereocenters. The molecule has 2 rings (SSSR count). The van der Waals surface area contributed by atoms with Crippen molar-refractivity contribution < 1.29 is 14.6 Å². The van der Waals surface area contributed by atoms with Gasteiger partial charge in [0.1, 0.15) is 18.1 Å². The summed E-state index contributed by atoms with van der Waals surface area (Å²) in [6.07, 6.45) is 0.924. The first-order chi connectivity index (χ1) is 9.11. The predicted octanol–water partition coefficient (Wildman–Crippen LogP) is 1.33. The number of hydrogen-bond donors (Lipinski definition) is 3. The summed E-state index contributed by atoms with van der Waals surface area (Å²) < 4.78 is 5.50. The highest BCUT2D eigenvalue weighted by Gasteiger charge is 2.27. The maximum Gasteiger partial charge on any atom is 0.236 e. The van der Waals surface area contributed by atoms with Crippen molar-refractivity contribution in [2.75, 3.05) is 13.2 Å². The van der Waals surface area contributed by atoms with E-state index in [2.05, 4.69) is 10.6 Å². The van der Waals surface area contributed by atoms with Crippen molar-refractivity contribution in [3.63, 3.8) is 0 Å². The fourth-order valence-corrected chi connectivity index (χ4v) is 2.12. The molecule has 0 saturated carbocycles. The van der Waals surface area contributed by atoms with Crippen molar-refractivity contribution >= 4 is 5.91 Å². The van der Waals surface area contributed by atoms with Crippen molar-refractivity contribution in [3.05, 3.63) is 23.8 Å². The highest BCUT2D eigenvalue weighted by Crippen LogP contribution is 2.34. The van der Waals surface area contributed by atoms with E-state index in [1.54, 1.807) is 12.1 Å². The SMILES string of the molecule is CCCNC(=O)C(C)NC1COc2cc(O)ccc21. The molecule has 1 aliphatic rings. The summed E-state index contributed by atoms with van der Waals surface area (Å²) in [5.74, 6) is 0.862. The number of aromatic hydroxyl groups is 1. The summed E-state index contributed by atoms with van der Waals surface area (Å²) >= 11 is 0. The lowest BCUT2D eigenvalue weighted by Crippen LogP contribution is -2.44. The number of benzene rings is 1. The Morgan fingerprint density at radius 2 is 2.37 bits per heavy atom. The Morgan fingerprint density at radius 3 is 3.11 bits per heavy atom. The second-order valence-corrected chi connectivity index (χ2v) is 4.77. The third kappa shape index (κ3) is 3.17. The summed E-state index contributed by atoms with van der Waals surface area (Å²) in [7, 11) is 0. The zero-order valence-corrected chi connectivity index (χ0v) is 11.3. The highest BCUT2D eigenvalue weighted by atomic mass is 16.5. The van der Waals surface area contributed by atoms with Gasteiger partial charge in [0.05, 0.1) is 12.1 Å². The number of phenols is 1. The summed E-state index contributed by atoms with van der Waals surface area (Å²) in [5, 5.41) is 15.5. The molecule has 1 aromatic carbocycles. The topological polar surface area (TPSA) is 70.6 Å². The van der Waals surface area contributed by atoms with Crippen LogP contribution in [0.25, 0.3) is 0 Å². The van der Waals surface area contributed by atoms with Crippen molar-refractivity contribution in [2.24, 2.45) is 0 Å². The molecule has 0 radical (unpaired) electrons. The van der Waals surface area contributed by atoms with Crippen molar-refractivity contribution in [3.8, 4) is 11.5 Å². The van der Waals surface area contributed by atoms with E-state index in [9.17, 15) is 9.90 Å².